The molecule has 0 amide bonds. The van der Waals surface area contributed by atoms with Crippen molar-refractivity contribution in [2.24, 2.45) is 7.05 Å². The van der Waals surface area contributed by atoms with Gasteiger partial charge in [0.15, 0.2) is 5.82 Å². The third-order valence-corrected chi connectivity index (χ3v) is 2.86. The molecule has 0 unspecified atom stereocenters. The van der Waals surface area contributed by atoms with Gasteiger partial charge in [0, 0.05) is 26.3 Å². The monoisotopic (exact) mass is 266 g/mol. The van der Waals surface area contributed by atoms with E-state index in [1.54, 1.807) is 10.9 Å². The summed E-state index contributed by atoms with van der Waals surface area (Å²) < 4.78 is 1.71. The van der Waals surface area contributed by atoms with Crippen molar-refractivity contribution in [2.75, 3.05) is 18.0 Å². The maximum atomic E-state index is 5.96. The molecule has 0 saturated heterocycles. The van der Waals surface area contributed by atoms with Crippen LogP contribution in [0.4, 0.5) is 5.95 Å². The molecule has 2 rings (SSSR count). The molecule has 6 nitrogen and oxygen atoms in total. The number of hydrogen-bond acceptors (Lipinski definition) is 5. The van der Waals surface area contributed by atoms with Gasteiger partial charge < -0.3 is 4.90 Å². The van der Waals surface area contributed by atoms with Crippen LogP contribution in [0, 0.1) is 0 Å². The predicted molar refractivity (Wildman–Crippen MR) is 70.6 cm³/mol. The summed E-state index contributed by atoms with van der Waals surface area (Å²) in [5, 5.41) is 4.29. The fourth-order valence-electron chi connectivity index (χ4n) is 1.70. The Morgan fingerprint density at radius 2 is 1.94 bits per heavy atom. The van der Waals surface area contributed by atoms with Crippen LogP contribution in [-0.4, -0.2) is 37.8 Å². The molecule has 0 saturated carbocycles. The van der Waals surface area contributed by atoms with Crippen molar-refractivity contribution in [1.29, 1.82) is 0 Å². The van der Waals surface area contributed by atoms with Crippen molar-refractivity contribution in [3.63, 3.8) is 0 Å². The van der Waals surface area contributed by atoms with E-state index in [4.69, 9.17) is 11.6 Å². The highest BCUT2D eigenvalue weighted by molar-refractivity contribution is 6.28. The molecule has 0 fully saturated rings. The second-order valence-corrected chi connectivity index (χ2v) is 4.08. The number of nitrogens with zero attached hydrogens (tertiary/aromatic N) is 6. The topological polar surface area (TPSA) is 59.7 Å². The molecule has 0 aliphatic carbocycles. The first-order valence-corrected chi connectivity index (χ1v) is 6.18. The molecule has 18 heavy (non-hydrogen) atoms. The fourth-order valence-corrected chi connectivity index (χ4v) is 1.85. The molecule has 0 N–H and O–H groups in total. The van der Waals surface area contributed by atoms with E-state index in [0.29, 0.717) is 11.8 Å². The summed E-state index contributed by atoms with van der Waals surface area (Å²) in [4.78, 5) is 14.8. The first kappa shape index (κ1) is 12.8. The molecule has 2 aromatic heterocycles. The van der Waals surface area contributed by atoms with Gasteiger partial charge in [-0.25, -0.2) is 0 Å². The Hall–Kier alpha value is -1.69. The number of anilines is 1. The highest BCUT2D eigenvalue weighted by atomic mass is 35.5. The van der Waals surface area contributed by atoms with Crippen molar-refractivity contribution in [1.82, 2.24) is 24.7 Å². The average Bonchev–Trinajstić information content (AvgIpc) is 2.76. The minimum atomic E-state index is 0.197. The lowest BCUT2D eigenvalue weighted by atomic mass is 10.4. The van der Waals surface area contributed by atoms with Gasteiger partial charge in [-0.2, -0.15) is 20.1 Å². The molecule has 96 valence electrons. The van der Waals surface area contributed by atoms with E-state index in [2.05, 4.69) is 20.1 Å². The number of halogens is 1. The summed E-state index contributed by atoms with van der Waals surface area (Å²) >= 11 is 5.96. The second-order valence-electron chi connectivity index (χ2n) is 3.74. The molecule has 2 aromatic rings. The van der Waals surface area contributed by atoms with Gasteiger partial charge in [-0.3, -0.25) is 4.68 Å². The minimum absolute atomic E-state index is 0.197. The van der Waals surface area contributed by atoms with Crippen LogP contribution in [0.2, 0.25) is 5.28 Å². The van der Waals surface area contributed by atoms with E-state index >= 15 is 0 Å². The van der Waals surface area contributed by atoms with Crippen LogP contribution < -0.4 is 4.90 Å². The fraction of sp³-hybridized carbons (Fsp3) is 0.455. The maximum absolute atomic E-state index is 5.96. The highest BCUT2D eigenvalue weighted by Gasteiger charge is 2.13. The van der Waals surface area contributed by atoms with Gasteiger partial charge in [0.2, 0.25) is 11.2 Å². The Labute approximate surface area is 111 Å². The van der Waals surface area contributed by atoms with Gasteiger partial charge in [-0.15, -0.1) is 0 Å². The Morgan fingerprint density at radius 1 is 1.22 bits per heavy atom. The third kappa shape index (κ3) is 2.43. The molecule has 0 atom stereocenters. The molecule has 0 aliphatic rings. The summed E-state index contributed by atoms with van der Waals surface area (Å²) in [6.07, 6.45) is 1.70. The van der Waals surface area contributed by atoms with E-state index < -0.39 is 0 Å². The zero-order valence-electron chi connectivity index (χ0n) is 10.6. The molecular formula is C11H15ClN6. The third-order valence-electron chi connectivity index (χ3n) is 2.69. The van der Waals surface area contributed by atoms with E-state index in [0.717, 1.165) is 18.8 Å². The Morgan fingerprint density at radius 3 is 2.50 bits per heavy atom. The Kier molecular flexibility index (Phi) is 3.76. The zero-order valence-corrected chi connectivity index (χ0v) is 11.4. The predicted octanol–water partition coefficient (Wildman–Crippen LogP) is 1.77. The Balaban J connectivity index is 2.47. The highest BCUT2D eigenvalue weighted by Crippen LogP contribution is 2.18. The molecular weight excluding hydrogens is 252 g/mol. The minimum Gasteiger partial charge on any atom is -0.341 e. The van der Waals surface area contributed by atoms with Crippen LogP contribution in [0.1, 0.15) is 13.8 Å². The van der Waals surface area contributed by atoms with Crippen LogP contribution in [0.3, 0.4) is 0 Å². The lowest BCUT2D eigenvalue weighted by Crippen LogP contribution is -2.24. The first-order valence-electron chi connectivity index (χ1n) is 5.80. The van der Waals surface area contributed by atoms with Crippen LogP contribution in [0.5, 0.6) is 0 Å². The van der Waals surface area contributed by atoms with Gasteiger partial charge >= 0.3 is 0 Å². The summed E-state index contributed by atoms with van der Waals surface area (Å²) in [5.41, 5.74) is 0.813. The zero-order chi connectivity index (χ0) is 13.1. The molecule has 0 radical (unpaired) electrons. The Bertz CT molecular complexity index is 534. The van der Waals surface area contributed by atoms with E-state index in [1.165, 1.54) is 0 Å². The number of aryl methyl sites for hydroxylation is 1. The molecule has 7 heteroatoms. The molecule has 2 heterocycles. The summed E-state index contributed by atoms with van der Waals surface area (Å²) in [6, 6.07) is 1.84. The number of rotatable bonds is 4. The largest absolute Gasteiger partial charge is 0.341 e. The maximum Gasteiger partial charge on any atom is 0.230 e. The van der Waals surface area contributed by atoms with Gasteiger partial charge in [0.1, 0.15) is 5.69 Å². The van der Waals surface area contributed by atoms with Crippen molar-refractivity contribution >= 4 is 17.5 Å². The van der Waals surface area contributed by atoms with Crippen molar-refractivity contribution in [3.05, 3.63) is 17.5 Å². The quantitative estimate of drug-likeness (QED) is 0.844. The molecule has 0 spiro atoms. The van der Waals surface area contributed by atoms with Crippen LogP contribution in [-0.2, 0) is 7.05 Å². The lowest BCUT2D eigenvalue weighted by molar-refractivity contribution is 0.763. The standard InChI is InChI=1S/C11H15ClN6/c1-4-18(5-2)11-15-9(14-10(12)16-11)8-6-7-13-17(8)3/h6-7H,4-5H2,1-3H3. The number of aromatic nitrogens is 5. The summed E-state index contributed by atoms with van der Waals surface area (Å²) in [6.45, 7) is 5.74. The van der Waals surface area contributed by atoms with Crippen LogP contribution in [0.15, 0.2) is 12.3 Å². The van der Waals surface area contributed by atoms with Gasteiger partial charge in [0.05, 0.1) is 0 Å². The van der Waals surface area contributed by atoms with Crippen molar-refractivity contribution in [2.45, 2.75) is 13.8 Å². The van der Waals surface area contributed by atoms with Gasteiger partial charge in [-0.1, -0.05) is 0 Å². The van der Waals surface area contributed by atoms with Crippen molar-refractivity contribution < 1.29 is 0 Å². The summed E-state index contributed by atoms with van der Waals surface area (Å²) in [7, 11) is 1.84. The average molecular weight is 267 g/mol. The second kappa shape index (κ2) is 5.30. The lowest BCUT2D eigenvalue weighted by Gasteiger charge is -2.18. The van der Waals surface area contributed by atoms with Crippen molar-refractivity contribution in [3.8, 4) is 11.5 Å². The SMILES string of the molecule is CCN(CC)c1nc(Cl)nc(-c2ccnn2C)n1. The number of hydrogen-bond donors (Lipinski definition) is 0. The molecule has 0 bridgehead atoms. The van der Waals surface area contributed by atoms with Crippen LogP contribution in [0.25, 0.3) is 11.5 Å². The van der Waals surface area contributed by atoms with Gasteiger partial charge in [-0.05, 0) is 31.5 Å². The van der Waals surface area contributed by atoms with Crippen LogP contribution >= 0.6 is 11.6 Å². The van der Waals surface area contributed by atoms with E-state index in [1.807, 2.05) is 31.9 Å². The van der Waals surface area contributed by atoms with Gasteiger partial charge in [0.25, 0.3) is 0 Å². The molecule has 0 aromatic carbocycles. The summed E-state index contributed by atoms with van der Waals surface area (Å²) in [5.74, 6) is 1.13. The van der Waals surface area contributed by atoms with E-state index in [9.17, 15) is 0 Å². The smallest absolute Gasteiger partial charge is 0.230 e. The molecule has 0 aliphatic heterocycles. The first-order chi connectivity index (χ1) is 8.65. The van der Waals surface area contributed by atoms with E-state index in [-0.39, 0.29) is 5.28 Å². The normalized spacial score (nSPS) is 10.7.